The molecule has 2 heterocycles. The summed E-state index contributed by atoms with van der Waals surface area (Å²) in [5, 5.41) is 15.2. The molecule has 0 unspecified atom stereocenters. The van der Waals surface area contributed by atoms with Crippen molar-refractivity contribution in [3.63, 3.8) is 0 Å². The monoisotopic (exact) mass is 267 g/mol. The second-order valence-electron chi connectivity index (χ2n) is 4.51. The van der Waals surface area contributed by atoms with Gasteiger partial charge in [-0.25, -0.2) is 0 Å². The first-order valence-electron chi connectivity index (χ1n) is 6.30. The smallest absolute Gasteiger partial charge is 0.325 e. The average molecular weight is 267 g/mol. The first-order chi connectivity index (χ1) is 9.13. The normalized spacial score (nSPS) is 18.4. The highest BCUT2D eigenvalue weighted by atomic mass is 16.5. The van der Waals surface area contributed by atoms with Crippen LogP contribution in [0, 0.1) is 0 Å². The number of carbonyl (C=O) groups is 2. The van der Waals surface area contributed by atoms with Crippen molar-refractivity contribution < 1.29 is 19.4 Å². The summed E-state index contributed by atoms with van der Waals surface area (Å²) >= 11 is 0. The fraction of sp³-hybridized carbons (Fsp3) is 0.583. The van der Waals surface area contributed by atoms with E-state index in [0.717, 1.165) is 19.4 Å². The molecule has 1 saturated heterocycles. The average Bonchev–Trinajstić information content (AvgIpc) is 2.97. The lowest BCUT2D eigenvalue weighted by Crippen LogP contribution is -2.16. The second-order valence-corrected chi connectivity index (χ2v) is 4.51. The van der Waals surface area contributed by atoms with Crippen molar-refractivity contribution in [2.75, 3.05) is 11.9 Å². The SMILES string of the molecule is O=C(O)Cn1ccc(NC(=O)CC[C@@H]2CCCO2)n1. The first-order valence-corrected chi connectivity index (χ1v) is 6.30. The number of hydrogen-bond acceptors (Lipinski definition) is 4. The number of aromatic nitrogens is 2. The Balaban J connectivity index is 1.74. The number of carbonyl (C=O) groups excluding carboxylic acids is 1. The number of carboxylic acid groups (broad SMARTS) is 1. The van der Waals surface area contributed by atoms with Crippen LogP contribution in [0.2, 0.25) is 0 Å². The van der Waals surface area contributed by atoms with Gasteiger partial charge in [-0.15, -0.1) is 0 Å². The van der Waals surface area contributed by atoms with Gasteiger partial charge in [-0.2, -0.15) is 5.10 Å². The molecule has 1 aromatic rings. The zero-order valence-corrected chi connectivity index (χ0v) is 10.5. The lowest BCUT2D eigenvalue weighted by molar-refractivity contribution is -0.137. The van der Waals surface area contributed by atoms with Crippen molar-refractivity contribution in [1.29, 1.82) is 0 Å². The fourth-order valence-corrected chi connectivity index (χ4v) is 2.02. The van der Waals surface area contributed by atoms with Crippen molar-refractivity contribution in [3.8, 4) is 0 Å². The summed E-state index contributed by atoms with van der Waals surface area (Å²) in [5.41, 5.74) is 0. The topological polar surface area (TPSA) is 93.5 Å². The number of aliphatic carboxylic acids is 1. The maximum Gasteiger partial charge on any atom is 0.325 e. The molecule has 0 bridgehead atoms. The van der Waals surface area contributed by atoms with Crippen molar-refractivity contribution in [3.05, 3.63) is 12.3 Å². The zero-order chi connectivity index (χ0) is 13.7. The molecule has 19 heavy (non-hydrogen) atoms. The molecule has 1 atom stereocenters. The van der Waals surface area contributed by atoms with E-state index in [9.17, 15) is 9.59 Å². The number of amides is 1. The molecule has 7 heteroatoms. The summed E-state index contributed by atoms with van der Waals surface area (Å²) in [6.45, 7) is 0.567. The van der Waals surface area contributed by atoms with Gasteiger partial charge in [-0.05, 0) is 19.3 Å². The molecule has 0 saturated carbocycles. The molecular weight excluding hydrogens is 250 g/mol. The minimum atomic E-state index is -0.973. The van der Waals surface area contributed by atoms with E-state index in [4.69, 9.17) is 9.84 Å². The minimum Gasteiger partial charge on any atom is -0.480 e. The van der Waals surface area contributed by atoms with E-state index in [1.54, 1.807) is 6.07 Å². The molecule has 2 N–H and O–H groups in total. The van der Waals surface area contributed by atoms with Crippen molar-refractivity contribution >= 4 is 17.7 Å². The van der Waals surface area contributed by atoms with E-state index in [1.807, 2.05) is 0 Å². The van der Waals surface area contributed by atoms with E-state index >= 15 is 0 Å². The van der Waals surface area contributed by atoms with Crippen molar-refractivity contribution in [1.82, 2.24) is 9.78 Å². The Bertz CT molecular complexity index is 452. The lowest BCUT2D eigenvalue weighted by atomic mass is 10.1. The molecular formula is C12H17N3O4. The standard InChI is InChI=1S/C12H17N3O4/c16-11(4-3-9-2-1-7-19-9)13-10-5-6-15(14-10)8-12(17)18/h5-6,9H,1-4,7-8H2,(H,17,18)(H,13,14,16)/t9-/m0/s1. The molecule has 0 spiro atoms. The number of carboxylic acids is 1. The third-order valence-electron chi connectivity index (χ3n) is 2.92. The molecule has 104 valence electrons. The summed E-state index contributed by atoms with van der Waals surface area (Å²) in [4.78, 5) is 22.2. The van der Waals surface area contributed by atoms with Gasteiger partial charge in [0.05, 0.1) is 6.10 Å². The number of rotatable bonds is 6. The predicted octanol–water partition coefficient (Wildman–Crippen LogP) is 0.865. The van der Waals surface area contributed by atoms with Crippen LogP contribution < -0.4 is 5.32 Å². The van der Waals surface area contributed by atoms with Crippen LogP contribution in [0.4, 0.5) is 5.82 Å². The third kappa shape index (κ3) is 4.36. The predicted molar refractivity (Wildman–Crippen MR) is 66.7 cm³/mol. The van der Waals surface area contributed by atoms with E-state index < -0.39 is 5.97 Å². The van der Waals surface area contributed by atoms with Gasteiger partial charge in [-0.3, -0.25) is 14.3 Å². The van der Waals surface area contributed by atoms with Gasteiger partial charge in [-0.1, -0.05) is 0 Å². The molecule has 1 aliphatic heterocycles. The Morgan fingerprint density at radius 1 is 1.58 bits per heavy atom. The molecule has 0 aromatic carbocycles. The Hall–Kier alpha value is -1.89. The number of nitrogens with zero attached hydrogens (tertiary/aromatic N) is 2. The van der Waals surface area contributed by atoms with E-state index in [0.29, 0.717) is 18.7 Å². The second kappa shape index (κ2) is 6.33. The van der Waals surface area contributed by atoms with Crippen LogP contribution in [0.1, 0.15) is 25.7 Å². The summed E-state index contributed by atoms with van der Waals surface area (Å²) in [5.74, 6) is -0.728. The molecule has 0 radical (unpaired) electrons. The van der Waals surface area contributed by atoms with Gasteiger partial charge in [0.25, 0.3) is 0 Å². The minimum absolute atomic E-state index is 0.129. The van der Waals surface area contributed by atoms with Gasteiger partial charge < -0.3 is 15.2 Å². The van der Waals surface area contributed by atoms with E-state index in [-0.39, 0.29) is 18.6 Å². The van der Waals surface area contributed by atoms with Crippen LogP contribution in [-0.4, -0.2) is 39.5 Å². The van der Waals surface area contributed by atoms with Gasteiger partial charge in [0.15, 0.2) is 5.82 Å². The lowest BCUT2D eigenvalue weighted by Gasteiger charge is -2.08. The van der Waals surface area contributed by atoms with Gasteiger partial charge in [0.1, 0.15) is 6.54 Å². The molecule has 1 aromatic heterocycles. The third-order valence-corrected chi connectivity index (χ3v) is 2.92. The molecule has 1 amide bonds. The maximum atomic E-state index is 11.7. The Kier molecular flexibility index (Phi) is 4.51. The number of nitrogens with one attached hydrogen (secondary N) is 1. The van der Waals surface area contributed by atoms with E-state index in [1.165, 1.54) is 10.9 Å². The Labute approximate surface area is 110 Å². The highest BCUT2D eigenvalue weighted by Gasteiger charge is 2.17. The van der Waals surface area contributed by atoms with E-state index in [2.05, 4.69) is 10.4 Å². The summed E-state index contributed by atoms with van der Waals surface area (Å²) in [6.07, 6.45) is 4.88. The van der Waals surface area contributed by atoms with Gasteiger partial charge >= 0.3 is 5.97 Å². The zero-order valence-electron chi connectivity index (χ0n) is 10.5. The quantitative estimate of drug-likeness (QED) is 0.797. The summed E-state index contributed by atoms with van der Waals surface area (Å²) < 4.78 is 6.70. The van der Waals surface area contributed by atoms with Crippen molar-refractivity contribution in [2.45, 2.75) is 38.3 Å². The molecule has 0 aliphatic carbocycles. The highest BCUT2D eigenvalue weighted by molar-refractivity contribution is 5.89. The van der Waals surface area contributed by atoms with Crippen LogP contribution in [0.15, 0.2) is 12.3 Å². The Morgan fingerprint density at radius 2 is 2.42 bits per heavy atom. The van der Waals surface area contributed by atoms with Crippen LogP contribution in [0.3, 0.4) is 0 Å². The molecule has 1 aliphatic rings. The number of hydrogen-bond donors (Lipinski definition) is 2. The maximum absolute atomic E-state index is 11.7. The van der Waals surface area contributed by atoms with Crippen LogP contribution in [0.5, 0.6) is 0 Å². The first kappa shape index (κ1) is 13.5. The molecule has 2 rings (SSSR count). The largest absolute Gasteiger partial charge is 0.480 e. The van der Waals surface area contributed by atoms with Gasteiger partial charge in [0, 0.05) is 25.3 Å². The summed E-state index contributed by atoms with van der Waals surface area (Å²) in [7, 11) is 0. The van der Waals surface area contributed by atoms with Crippen LogP contribution in [-0.2, 0) is 20.9 Å². The van der Waals surface area contributed by atoms with Crippen LogP contribution >= 0.6 is 0 Å². The van der Waals surface area contributed by atoms with Crippen molar-refractivity contribution in [2.24, 2.45) is 0 Å². The number of anilines is 1. The van der Waals surface area contributed by atoms with Crippen LogP contribution in [0.25, 0.3) is 0 Å². The number of ether oxygens (including phenoxy) is 1. The fourth-order valence-electron chi connectivity index (χ4n) is 2.02. The Morgan fingerprint density at radius 3 is 3.11 bits per heavy atom. The molecule has 7 nitrogen and oxygen atoms in total. The summed E-state index contributed by atoms with van der Waals surface area (Å²) in [6, 6.07) is 1.58. The molecule has 1 fully saturated rings. The van der Waals surface area contributed by atoms with Gasteiger partial charge in [0.2, 0.25) is 5.91 Å². The highest BCUT2D eigenvalue weighted by Crippen LogP contribution is 2.17.